The van der Waals surface area contributed by atoms with Gasteiger partial charge in [-0.2, -0.15) is 5.10 Å². The van der Waals surface area contributed by atoms with Gasteiger partial charge in [0.05, 0.1) is 18.9 Å². The molecule has 0 spiro atoms. The Bertz CT molecular complexity index is 1330. The van der Waals surface area contributed by atoms with Crippen LogP contribution in [0.3, 0.4) is 0 Å². The number of hydrazone groups is 1. The van der Waals surface area contributed by atoms with Gasteiger partial charge >= 0.3 is 5.97 Å². The monoisotopic (exact) mass is 454 g/mol. The normalized spacial score (nSPS) is 11.8. The second-order valence-electron chi connectivity index (χ2n) is 7.36. The Hall–Kier alpha value is -4.49. The number of hydrogen-bond acceptors (Lipinski definition) is 6. The molecule has 0 heterocycles. The number of esters is 1. The van der Waals surface area contributed by atoms with Crippen molar-refractivity contribution >= 4 is 28.9 Å². The molecule has 1 amide bonds. The van der Waals surface area contributed by atoms with Crippen LogP contribution in [0.2, 0.25) is 0 Å². The second kappa shape index (κ2) is 10.4. The molecule has 4 aromatic carbocycles. The number of nitrogens with one attached hydrogen (secondary N) is 1. The fraction of sp³-hybridized carbons (Fsp3) is 0.0741. The molecule has 0 aliphatic carbocycles. The Morgan fingerprint density at radius 3 is 2.35 bits per heavy atom. The molecule has 0 radical (unpaired) electrons. The molecular formula is C27H22N2O5. The van der Waals surface area contributed by atoms with E-state index >= 15 is 0 Å². The van der Waals surface area contributed by atoms with Crippen molar-refractivity contribution in [3.05, 3.63) is 108 Å². The summed E-state index contributed by atoms with van der Waals surface area (Å²) >= 11 is 0. The van der Waals surface area contributed by atoms with E-state index in [0.717, 1.165) is 10.8 Å². The minimum absolute atomic E-state index is 0.279. The number of rotatable bonds is 7. The van der Waals surface area contributed by atoms with Crippen LogP contribution >= 0.6 is 0 Å². The predicted molar refractivity (Wildman–Crippen MR) is 129 cm³/mol. The van der Waals surface area contributed by atoms with Crippen molar-refractivity contribution in [3.63, 3.8) is 0 Å². The molecule has 0 saturated heterocycles. The molecule has 7 heteroatoms. The van der Waals surface area contributed by atoms with Crippen LogP contribution < -0.4 is 14.9 Å². The van der Waals surface area contributed by atoms with Crippen LogP contribution in [0.5, 0.6) is 11.5 Å². The van der Waals surface area contributed by atoms with Crippen LogP contribution in [-0.4, -0.2) is 30.3 Å². The second-order valence-corrected chi connectivity index (χ2v) is 7.36. The molecule has 4 aromatic rings. The van der Waals surface area contributed by atoms with Crippen molar-refractivity contribution in [2.24, 2.45) is 5.10 Å². The van der Waals surface area contributed by atoms with Gasteiger partial charge in [0.2, 0.25) is 0 Å². The summed E-state index contributed by atoms with van der Waals surface area (Å²) in [5.74, 6) is -0.319. The van der Waals surface area contributed by atoms with Gasteiger partial charge in [-0.05, 0) is 46.7 Å². The molecule has 1 atom stereocenters. The molecule has 2 N–H and O–H groups in total. The molecular weight excluding hydrogens is 432 g/mol. The predicted octanol–water partition coefficient (Wildman–Crippen LogP) is 4.25. The summed E-state index contributed by atoms with van der Waals surface area (Å²) in [6.07, 6.45) is 0.0347. The van der Waals surface area contributed by atoms with Crippen molar-refractivity contribution < 1.29 is 24.2 Å². The van der Waals surface area contributed by atoms with Gasteiger partial charge in [0.1, 0.15) is 11.5 Å². The van der Waals surface area contributed by atoms with Gasteiger partial charge in [-0.15, -0.1) is 0 Å². The van der Waals surface area contributed by atoms with Crippen LogP contribution in [0, 0.1) is 0 Å². The molecule has 0 aliphatic heterocycles. The van der Waals surface area contributed by atoms with Gasteiger partial charge in [0.25, 0.3) is 5.91 Å². The Morgan fingerprint density at radius 1 is 0.912 bits per heavy atom. The summed E-state index contributed by atoms with van der Waals surface area (Å²) in [6, 6.07) is 26.2. The highest BCUT2D eigenvalue weighted by atomic mass is 16.5. The summed E-state index contributed by atoms with van der Waals surface area (Å²) in [7, 11) is 1.55. The van der Waals surface area contributed by atoms with E-state index in [9.17, 15) is 14.7 Å². The highest BCUT2D eigenvalue weighted by molar-refractivity contribution is 6.04. The third-order valence-electron chi connectivity index (χ3n) is 5.19. The Balaban J connectivity index is 1.58. The van der Waals surface area contributed by atoms with Crippen molar-refractivity contribution in [1.82, 2.24) is 5.43 Å². The minimum Gasteiger partial charge on any atom is -0.497 e. The lowest BCUT2D eigenvalue weighted by molar-refractivity contribution is -0.129. The highest BCUT2D eigenvalue weighted by Gasteiger charge is 2.17. The van der Waals surface area contributed by atoms with Crippen LogP contribution in [-0.2, 0) is 4.79 Å². The third-order valence-corrected chi connectivity index (χ3v) is 5.19. The number of ether oxygens (including phenoxy) is 2. The summed E-state index contributed by atoms with van der Waals surface area (Å²) in [5, 5.41) is 15.9. The van der Waals surface area contributed by atoms with E-state index in [1.807, 2.05) is 30.3 Å². The first-order valence-electron chi connectivity index (χ1n) is 10.5. The number of methoxy groups -OCH3 is 1. The summed E-state index contributed by atoms with van der Waals surface area (Å²) in [4.78, 5) is 25.0. The zero-order valence-electron chi connectivity index (χ0n) is 18.3. The first kappa shape index (κ1) is 22.7. The van der Waals surface area contributed by atoms with E-state index < -0.39 is 18.0 Å². The topological polar surface area (TPSA) is 97.2 Å². The lowest BCUT2D eigenvalue weighted by Crippen LogP contribution is -2.25. The fourth-order valence-electron chi connectivity index (χ4n) is 3.39. The van der Waals surface area contributed by atoms with Crippen LogP contribution in [0.15, 0.2) is 96.1 Å². The molecule has 0 saturated carbocycles. The average molecular weight is 454 g/mol. The maximum atomic E-state index is 12.7. The van der Waals surface area contributed by atoms with E-state index in [2.05, 4.69) is 10.5 Å². The summed E-state index contributed by atoms with van der Waals surface area (Å²) in [5.41, 5.74) is 3.66. The quantitative estimate of drug-likeness (QED) is 0.188. The molecule has 0 aromatic heterocycles. The molecule has 4 rings (SSSR count). The van der Waals surface area contributed by atoms with Crippen LogP contribution in [0.25, 0.3) is 10.8 Å². The first-order chi connectivity index (χ1) is 16.6. The smallest absolute Gasteiger partial charge is 0.343 e. The number of hydrogen-bond donors (Lipinski definition) is 2. The van der Waals surface area contributed by atoms with E-state index in [1.54, 1.807) is 67.8 Å². The van der Waals surface area contributed by atoms with Crippen molar-refractivity contribution in [1.29, 1.82) is 0 Å². The van der Waals surface area contributed by atoms with Gasteiger partial charge in [0.15, 0.2) is 6.10 Å². The fourth-order valence-corrected chi connectivity index (χ4v) is 3.39. The first-order valence-corrected chi connectivity index (χ1v) is 10.5. The molecule has 0 bridgehead atoms. The number of aliphatic hydroxyl groups excluding tert-OH is 1. The minimum atomic E-state index is -1.36. The van der Waals surface area contributed by atoms with Gasteiger partial charge in [0, 0.05) is 5.56 Å². The summed E-state index contributed by atoms with van der Waals surface area (Å²) < 4.78 is 10.8. The molecule has 0 aliphatic rings. The van der Waals surface area contributed by atoms with E-state index in [0.29, 0.717) is 22.4 Å². The lowest BCUT2D eigenvalue weighted by Gasteiger charge is -2.11. The van der Waals surface area contributed by atoms with Crippen LogP contribution in [0.4, 0.5) is 0 Å². The standard InChI is InChI=1S/C27H22N2O5/c1-33-21-14-11-20(12-15-21)27(32)34-24-16-13-18-7-5-6-10-22(18)23(24)17-28-29-26(31)25(30)19-8-3-2-4-9-19/h2-17,25,30H,1H3,(H,29,31)/b28-17-/t25-/m1/s1. The van der Waals surface area contributed by atoms with Gasteiger partial charge < -0.3 is 14.6 Å². The zero-order chi connectivity index (χ0) is 23.9. The number of benzene rings is 4. The Labute approximate surface area is 196 Å². The Morgan fingerprint density at radius 2 is 1.62 bits per heavy atom. The SMILES string of the molecule is COc1ccc(C(=O)Oc2ccc3ccccc3c2/C=N\NC(=O)[C@H](O)c2ccccc2)cc1. The maximum Gasteiger partial charge on any atom is 0.343 e. The van der Waals surface area contributed by atoms with Crippen molar-refractivity contribution in [2.45, 2.75) is 6.10 Å². The van der Waals surface area contributed by atoms with Gasteiger partial charge in [-0.25, -0.2) is 10.2 Å². The third kappa shape index (κ3) is 5.11. The molecule has 170 valence electrons. The molecule has 0 unspecified atom stereocenters. The number of amides is 1. The van der Waals surface area contributed by atoms with E-state index in [-0.39, 0.29) is 5.75 Å². The maximum absolute atomic E-state index is 12.7. The zero-order valence-corrected chi connectivity index (χ0v) is 18.3. The Kier molecular flexibility index (Phi) is 6.95. The highest BCUT2D eigenvalue weighted by Crippen LogP contribution is 2.27. The van der Waals surface area contributed by atoms with Gasteiger partial charge in [-0.3, -0.25) is 4.79 Å². The van der Waals surface area contributed by atoms with Crippen molar-refractivity contribution in [2.75, 3.05) is 7.11 Å². The molecule has 34 heavy (non-hydrogen) atoms. The average Bonchev–Trinajstić information content (AvgIpc) is 2.89. The van der Waals surface area contributed by atoms with Crippen molar-refractivity contribution in [3.8, 4) is 11.5 Å². The molecule has 7 nitrogen and oxygen atoms in total. The van der Waals surface area contributed by atoms with Crippen LogP contribution in [0.1, 0.15) is 27.6 Å². The number of aliphatic hydroxyl groups is 1. The molecule has 0 fully saturated rings. The number of carbonyl (C=O) groups excluding carboxylic acids is 2. The van der Waals surface area contributed by atoms with E-state index in [1.165, 1.54) is 6.21 Å². The largest absolute Gasteiger partial charge is 0.497 e. The number of carbonyl (C=O) groups is 2. The van der Waals surface area contributed by atoms with Gasteiger partial charge in [-0.1, -0.05) is 60.7 Å². The number of nitrogens with zero attached hydrogens (tertiary/aromatic N) is 1. The van der Waals surface area contributed by atoms with E-state index in [4.69, 9.17) is 9.47 Å². The lowest BCUT2D eigenvalue weighted by atomic mass is 10.0. The summed E-state index contributed by atoms with van der Waals surface area (Å²) in [6.45, 7) is 0. The number of fused-ring (bicyclic) bond motifs is 1.